The predicted molar refractivity (Wildman–Crippen MR) is 80.8 cm³/mol. The van der Waals surface area contributed by atoms with Crippen LogP contribution in [0.1, 0.15) is 25.5 Å². The number of nitrogens with zero attached hydrogens (tertiary/aromatic N) is 1. The Labute approximate surface area is 118 Å². The van der Waals surface area contributed by atoms with E-state index >= 15 is 0 Å². The first-order valence-corrected chi connectivity index (χ1v) is 7.09. The molecule has 0 aliphatic rings. The van der Waals surface area contributed by atoms with Crippen molar-refractivity contribution in [2.24, 2.45) is 0 Å². The molecule has 17 heavy (non-hydrogen) atoms. The van der Waals surface area contributed by atoms with Gasteiger partial charge in [-0.15, -0.1) is 0 Å². The van der Waals surface area contributed by atoms with E-state index in [1.165, 1.54) is 0 Å². The van der Waals surface area contributed by atoms with Gasteiger partial charge in [-0.1, -0.05) is 29.8 Å². The number of halogens is 2. The van der Waals surface area contributed by atoms with Crippen LogP contribution in [0, 0.1) is 0 Å². The minimum atomic E-state index is 0.419. The lowest BCUT2D eigenvalue weighted by Crippen LogP contribution is -1.98. The molecule has 1 aromatic carbocycles. The normalized spacial score (nSPS) is 11.2. The van der Waals surface area contributed by atoms with Crippen LogP contribution in [0.5, 0.6) is 0 Å². The molecule has 0 atom stereocenters. The molecular weight excluding hydrogens is 344 g/mol. The first-order chi connectivity index (χ1) is 8.02. The molecule has 0 spiro atoms. The van der Waals surface area contributed by atoms with Gasteiger partial charge in [0.2, 0.25) is 0 Å². The lowest BCUT2D eigenvalue weighted by molar-refractivity contribution is 0.830. The van der Waals surface area contributed by atoms with Crippen LogP contribution in [0.25, 0.3) is 10.9 Å². The molecule has 1 N–H and O–H groups in total. The van der Waals surface area contributed by atoms with Gasteiger partial charge in [0.15, 0.2) is 0 Å². The fourth-order valence-corrected chi connectivity index (χ4v) is 3.09. The monoisotopic (exact) mass is 356 g/mol. The first kappa shape index (κ1) is 12.8. The Balaban J connectivity index is 2.82. The largest absolute Gasteiger partial charge is 0.388 e. The van der Waals surface area contributed by atoms with Gasteiger partial charge in [0.1, 0.15) is 0 Å². The van der Waals surface area contributed by atoms with Crippen LogP contribution in [0.2, 0.25) is 0 Å². The molecule has 0 amide bonds. The van der Waals surface area contributed by atoms with E-state index in [9.17, 15) is 0 Å². The van der Waals surface area contributed by atoms with E-state index < -0.39 is 0 Å². The van der Waals surface area contributed by atoms with Crippen LogP contribution in [-0.4, -0.2) is 12.0 Å². The Morgan fingerprint density at radius 1 is 1.18 bits per heavy atom. The smallest absolute Gasteiger partial charge is 0.0868 e. The Morgan fingerprint density at radius 2 is 1.88 bits per heavy atom. The predicted octanol–water partition coefficient (Wildman–Crippen LogP) is 4.92. The highest BCUT2D eigenvalue weighted by Crippen LogP contribution is 2.33. The highest BCUT2D eigenvalue weighted by atomic mass is 79.9. The summed E-state index contributed by atoms with van der Waals surface area (Å²) in [6, 6.07) is 6.23. The summed E-state index contributed by atoms with van der Waals surface area (Å²) in [5.41, 5.74) is 3.22. The second kappa shape index (κ2) is 4.94. The third kappa shape index (κ3) is 2.47. The molecule has 2 aromatic rings. The van der Waals surface area contributed by atoms with Gasteiger partial charge in [-0.25, -0.2) is 0 Å². The quantitative estimate of drug-likeness (QED) is 0.824. The summed E-state index contributed by atoms with van der Waals surface area (Å²) in [7, 11) is 1.94. The van der Waals surface area contributed by atoms with Crippen molar-refractivity contribution in [3.8, 4) is 0 Å². The minimum Gasteiger partial charge on any atom is -0.388 e. The molecule has 0 saturated carbocycles. The van der Waals surface area contributed by atoms with Gasteiger partial charge in [-0.2, -0.15) is 0 Å². The molecule has 1 aromatic heterocycles. The SMILES string of the molecule is CNc1cc(C(C)C)nc2c(Br)cc(Br)cc12. The average Bonchev–Trinajstić information content (AvgIpc) is 2.27. The lowest BCUT2D eigenvalue weighted by Gasteiger charge is -2.12. The molecule has 0 fully saturated rings. The van der Waals surface area contributed by atoms with E-state index in [2.05, 4.69) is 63.2 Å². The van der Waals surface area contributed by atoms with Crippen LogP contribution < -0.4 is 5.32 Å². The number of hydrogen-bond donors (Lipinski definition) is 1. The maximum atomic E-state index is 4.72. The molecule has 4 heteroatoms. The van der Waals surface area contributed by atoms with E-state index in [0.29, 0.717) is 5.92 Å². The summed E-state index contributed by atoms with van der Waals surface area (Å²) >= 11 is 7.08. The number of pyridine rings is 1. The summed E-state index contributed by atoms with van der Waals surface area (Å²) in [6.45, 7) is 4.31. The zero-order valence-corrected chi connectivity index (χ0v) is 13.2. The van der Waals surface area contributed by atoms with E-state index in [-0.39, 0.29) is 0 Å². The molecule has 0 radical (unpaired) electrons. The highest BCUT2D eigenvalue weighted by Gasteiger charge is 2.10. The molecular formula is C13H14Br2N2. The van der Waals surface area contributed by atoms with E-state index in [0.717, 1.165) is 31.2 Å². The lowest BCUT2D eigenvalue weighted by atomic mass is 10.1. The Hall–Kier alpha value is -0.610. The number of hydrogen-bond acceptors (Lipinski definition) is 2. The molecule has 0 bridgehead atoms. The van der Waals surface area contributed by atoms with Crippen LogP contribution in [0.4, 0.5) is 5.69 Å². The van der Waals surface area contributed by atoms with Gasteiger partial charge in [0.25, 0.3) is 0 Å². The van der Waals surface area contributed by atoms with Gasteiger partial charge >= 0.3 is 0 Å². The van der Waals surface area contributed by atoms with Crippen molar-refractivity contribution >= 4 is 48.5 Å². The van der Waals surface area contributed by atoms with E-state index in [1.807, 2.05) is 13.1 Å². The fraction of sp³-hybridized carbons (Fsp3) is 0.308. The molecule has 0 saturated heterocycles. The summed E-state index contributed by atoms with van der Waals surface area (Å²) < 4.78 is 2.06. The fourth-order valence-electron chi connectivity index (χ4n) is 1.77. The first-order valence-electron chi connectivity index (χ1n) is 5.50. The van der Waals surface area contributed by atoms with Crippen molar-refractivity contribution < 1.29 is 0 Å². The second-order valence-corrected chi connectivity index (χ2v) is 6.05. The van der Waals surface area contributed by atoms with Crippen LogP contribution in [0.15, 0.2) is 27.1 Å². The summed E-state index contributed by atoms with van der Waals surface area (Å²) in [5, 5.41) is 4.36. The van der Waals surface area contributed by atoms with Crippen LogP contribution >= 0.6 is 31.9 Å². The standard InChI is InChI=1S/C13H14Br2N2/c1-7(2)11-6-12(16-3)9-4-8(14)5-10(15)13(9)17-11/h4-7H,1-3H3,(H,16,17). The molecule has 0 aliphatic carbocycles. The van der Waals surface area contributed by atoms with Crippen LogP contribution in [-0.2, 0) is 0 Å². The third-order valence-corrected chi connectivity index (χ3v) is 3.77. The average molecular weight is 358 g/mol. The van der Waals surface area contributed by atoms with Crippen molar-refractivity contribution in [2.75, 3.05) is 12.4 Å². The van der Waals surface area contributed by atoms with Gasteiger partial charge < -0.3 is 5.32 Å². The summed E-state index contributed by atoms with van der Waals surface area (Å²) in [4.78, 5) is 4.72. The van der Waals surface area contributed by atoms with Gasteiger partial charge in [-0.3, -0.25) is 4.98 Å². The molecule has 2 nitrogen and oxygen atoms in total. The number of aromatic nitrogens is 1. The zero-order valence-electron chi connectivity index (χ0n) is 10.0. The summed E-state index contributed by atoms with van der Waals surface area (Å²) in [5.74, 6) is 0.419. The maximum absolute atomic E-state index is 4.72. The zero-order chi connectivity index (χ0) is 12.6. The molecule has 0 unspecified atom stereocenters. The second-order valence-electron chi connectivity index (χ2n) is 4.28. The number of anilines is 1. The molecule has 0 aliphatic heterocycles. The number of fused-ring (bicyclic) bond motifs is 1. The topological polar surface area (TPSA) is 24.9 Å². The molecule has 1 heterocycles. The Morgan fingerprint density at radius 3 is 2.47 bits per heavy atom. The molecule has 90 valence electrons. The van der Waals surface area contributed by atoms with Crippen molar-refractivity contribution in [1.29, 1.82) is 0 Å². The van der Waals surface area contributed by atoms with Gasteiger partial charge in [-0.05, 0) is 40.0 Å². The van der Waals surface area contributed by atoms with Gasteiger partial charge in [0, 0.05) is 32.8 Å². The number of nitrogens with one attached hydrogen (secondary N) is 1. The van der Waals surface area contributed by atoms with E-state index in [1.54, 1.807) is 0 Å². The van der Waals surface area contributed by atoms with E-state index in [4.69, 9.17) is 4.98 Å². The van der Waals surface area contributed by atoms with Crippen LogP contribution in [0.3, 0.4) is 0 Å². The van der Waals surface area contributed by atoms with Crippen molar-refractivity contribution in [2.45, 2.75) is 19.8 Å². The Bertz CT molecular complexity index is 565. The number of rotatable bonds is 2. The van der Waals surface area contributed by atoms with Gasteiger partial charge in [0.05, 0.1) is 5.52 Å². The highest BCUT2D eigenvalue weighted by molar-refractivity contribution is 9.11. The summed E-state index contributed by atoms with van der Waals surface area (Å²) in [6.07, 6.45) is 0. The molecule has 2 rings (SSSR count). The van der Waals surface area contributed by atoms with Crippen molar-refractivity contribution in [3.05, 3.63) is 32.8 Å². The maximum Gasteiger partial charge on any atom is 0.0868 e. The van der Waals surface area contributed by atoms with Crippen molar-refractivity contribution in [1.82, 2.24) is 4.98 Å². The minimum absolute atomic E-state index is 0.419. The third-order valence-electron chi connectivity index (χ3n) is 2.71. The number of benzene rings is 1. The Kier molecular flexibility index (Phi) is 3.73. The van der Waals surface area contributed by atoms with Crippen molar-refractivity contribution in [3.63, 3.8) is 0 Å².